The Morgan fingerprint density at radius 3 is 3.18 bits per heavy atom. The van der Waals surface area contributed by atoms with Crippen molar-refractivity contribution >= 4 is 12.0 Å². The lowest BCUT2D eigenvalue weighted by atomic mass is 10.1. The maximum absolute atomic E-state index is 5.80. The van der Waals surface area contributed by atoms with E-state index in [1.165, 1.54) is 4.68 Å². The summed E-state index contributed by atoms with van der Waals surface area (Å²) in [5, 5.41) is 0. The number of hydrogen-bond acceptors (Lipinski definition) is 3. The van der Waals surface area contributed by atoms with Gasteiger partial charge >= 0.3 is 0 Å². The SMILES string of the molecule is NC1CC=Nc2c1ccn2N. The summed E-state index contributed by atoms with van der Waals surface area (Å²) in [6, 6.07) is 1.98. The lowest BCUT2D eigenvalue weighted by Crippen LogP contribution is -2.14. The van der Waals surface area contributed by atoms with Gasteiger partial charge in [-0.1, -0.05) is 0 Å². The fraction of sp³-hybridized carbons (Fsp3) is 0.286. The fourth-order valence-electron chi connectivity index (χ4n) is 1.27. The first-order chi connectivity index (χ1) is 5.29. The van der Waals surface area contributed by atoms with Crippen molar-refractivity contribution in [3.05, 3.63) is 17.8 Å². The zero-order valence-corrected chi connectivity index (χ0v) is 6.07. The second kappa shape index (κ2) is 2.10. The van der Waals surface area contributed by atoms with E-state index < -0.39 is 0 Å². The minimum atomic E-state index is 0.0623. The lowest BCUT2D eigenvalue weighted by Gasteiger charge is -2.12. The normalized spacial score (nSPS) is 21.7. The molecule has 0 aliphatic carbocycles. The van der Waals surface area contributed by atoms with Gasteiger partial charge in [0.2, 0.25) is 0 Å². The third-order valence-electron chi connectivity index (χ3n) is 1.89. The molecule has 4 nitrogen and oxygen atoms in total. The van der Waals surface area contributed by atoms with E-state index in [-0.39, 0.29) is 6.04 Å². The standard InChI is InChI=1S/C7H10N4/c8-6-1-3-10-7-5(6)2-4-11(7)9/h2-4,6H,1,8-9H2. The Balaban J connectivity index is 2.57. The van der Waals surface area contributed by atoms with Gasteiger partial charge < -0.3 is 11.6 Å². The van der Waals surface area contributed by atoms with Crippen molar-refractivity contribution in [2.24, 2.45) is 10.7 Å². The van der Waals surface area contributed by atoms with Crippen LogP contribution in [0.2, 0.25) is 0 Å². The van der Waals surface area contributed by atoms with E-state index in [9.17, 15) is 0 Å². The molecule has 1 unspecified atom stereocenters. The number of hydrogen-bond donors (Lipinski definition) is 2. The highest BCUT2D eigenvalue weighted by Gasteiger charge is 2.16. The van der Waals surface area contributed by atoms with Gasteiger partial charge in [0.05, 0.1) is 0 Å². The van der Waals surface area contributed by atoms with E-state index in [0.29, 0.717) is 0 Å². The van der Waals surface area contributed by atoms with Crippen LogP contribution in [0.25, 0.3) is 0 Å². The second-order valence-electron chi connectivity index (χ2n) is 2.66. The first-order valence-electron chi connectivity index (χ1n) is 3.53. The van der Waals surface area contributed by atoms with Gasteiger partial charge in [-0.3, -0.25) is 4.68 Å². The number of nitrogens with two attached hydrogens (primary N) is 2. The van der Waals surface area contributed by atoms with Gasteiger partial charge in [-0.05, 0) is 6.07 Å². The van der Waals surface area contributed by atoms with Gasteiger partial charge in [-0.15, -0.1) is 0 Å². The van der Waals surface area contributed by atoms with Crippen LogP contribution < -0.4 is 11.6 Å². The van der Waals surface area contributed by atoms with Crippen LogP contribution in [0, 0.1) is 0 Å². The summed E-state index contributed by atoms with van der Waals surface area (Å²) < 4.78 is 1.49. The van der Waals surface area contributed by atoms with Crippen molar-refractivity contribution in [1.82, 2.24) is 4.68 Å². The smallest absolute Gasteiger partial charge is 0.155 e. The van der Waals surface area contributed by atoms with Crippen molar-refractivity contribution in [1.29, 1.82) is 0 Å². The van der Waals surface area contributed by atoms with Crippen molar-refractivity contribution in [2.45, 2.75) is 12.5 Å². The molecule has 0 bridgehead atoms. The number of aromatic nitrogens is 1. The van der Waals surface area contributed by atoms with Gasteiger partial charge in [0.1, 0.15) is 0 Å². The van der Waals surface area contributed by atoms with Crippen molar-refractivity contribution in [3.8, 4) is 0 Å². The van der Waals surface area contributed by atoms with Gasteiger partial charge in [-0.25, -0.2) is 4.99 Å². The maximum atomic E-state index is 5.80. The molecule has 1 aromatic heterocycles. The third kappa shape index (κ3) is 0.832. The summed E-state index contributed by atoms with van der Waals surface area (Å²) in [6.07, 6.45) is 4.38. The van der Waals surface area contributed by atoms with Crippen LogP contribution in [0.3, 0.4) is 0 Å². The molecule has 1 aromatic rings. The molecule has 0 saturated carbocycles. The van der Waals surface area contributed by atoms with Crippen LogP contribution in [0.4, 0.5) is 5.82 Å². The Labute approximate surface area is 64.5 Å². The molecule has 2 rings (SSSR count). The molecular formula is C7H10N4. The molecular weight excluding hydrogens is 140 g/mol. The maximum Gasteiger partial charge on any atom is 0.155 e. The summed E-state index contributed by atoms with van der Waals surface area (Å²) in [7, 11) is 0. The Bertz CT molecular complexity index is 299. The topological polar surface area (TPSA) is 69.3 Å². The van der Waals surface area contributed by atoms with Crippen molar-refractivity contribution in [2.75, 3.05) is 5.84 Å². The van der Waals surface area contributed by atoms with Gasteiger partial charge in [0.25, 0.3) is 0 Å². The highest BCUT2D eigenvalue weighted by molar-refractivity contribution is 5.68. The van der Waals surface area contributed by atoms with E-state index in [1.807, 2.05) is 6.07 Å². The second-order valence-corrected chi connectivity index (χ2v) is 2.66. The molecule has 0 radical (unpaired) electrons. The summed E-state index contributed by atoms with van der Waals surface area (Å²) in [5.41, 5.74) is 6.84. The lowest BCUT2D eigenvalue weighted by molar-refractivity contribution is 0.756. The minimum absolute atomic E-state index is 0.0623. The molecule has 11 heavy (non-hydrogen) atoms. The molecule has 0 fully saturated rings. The Kier molecular flexibility index (Phi) is 1.22. The van der Waals surface area contributed by atoms with E-state index in [1.54, 1.807) is 12.4 Å². The Morgan fingerprint density at radius 2 is 2.45 bits per heavy atom. The fourth-order valence-corrected chi connectivity index (χ4v) is 1.27. The van der Waals surface area contributed by atoms with Crippen LogP contribution in [0.5, 0.6) is 0 Å². The summed E-state index contributed by atoms with van der Waals surface area (Å²) in [4.78, 5) is 4.14. The average molecular weight is 150 g/mol. The van der Waals surface area contributed by atoms with E-state index >= 15 is 0 Å². The van der Waals surface area contributed by atoms with Crippen LogP contribution in [0.15, 0.2) is 17.3 Å². The monoisotopic (exact) mass is 150 g/mol. The van der Waals surface area contributed by atoms with Gasteiger partial charge in [-0.2, -0.15) is 0 Å². The highest BCUT2D eigenvalue weighted by atomic mass is 15.3. The summed E-state index contributed by atoms with van der Waals surface area (Å²) in [5.74, 6) is 6.35. The van der Waals surface area contributed by atoms with Crippen LogP contribution in [0.1, 0.15) is 18.0 Å². The number of aliphatic imine (C=N–C) groups is 1. The number of nitrogen functional groups attached to an aromatic ring is 1. The predicted octanol–water partition coefficient (Wildman–Crippen LogP) is 0.308. The molecule has 4 heteroatoms. The van der Waals surface area contributed by atoms with Crippen molar-refractivity contribution < 1.29 is 0 Å². The molecule has 0 aromatic carbocycles. The predicted molar refractivity (Wildman–Crippen MR) is 44.3 cm³/mol. The van der Waals surface area contributed by atoms with E-state index in [0.717, 1.165) is 17.8 Å². The molecule has 1 aliphatic heterocycles. The molecule has 0 spiro atoms. The molecule has 0 amide bonds. The third-order valence-corrected chi connectivity index (χ3v) is 1.89. The molecule has 58 valence electrons. The first kappa shape index (κ1) is 6.42. The van der Waals surface area contributed by atoms with Crippen LogP contribution in [-0.2, 0) is 0 Å². The molecule has 4 N–H and O–H groups in total. The minimum Gasteiger partial charge on any atom is -0.338 e. The van der Waals surface area contributed by atoms with Crippen LogP contribution >= 0.6 is 0 Å². The van der Waals surface area contributed by atoms with Crippen LogP contribution in [-0.4, -0.2) is 10.9 Å². The summed E-state index contributed by atoms with van der Waals surface area (Å²) in [6.45, 7) is 0. The zero-order chi connectivity index (χ0) is 7.84. The largest absolute Gasteiger partial charge is 0.338 e. The molecule has 1 atom stereocenters. The quantitative estimate of drug-likeness (QED) is 0.522. The number of nitrogens with zero attached hydrogens (tertiary/aromatic N) is 2. The Hall–Kier alpha value is -1.29. The molecule has 1 aliphatic rings. The molecule has 0 saturated heterocycles. The zero-order valence-electron chi connectivity index (χ0n) is 6.07. The van der Waals surface area contributed by atoms with Crippen molar-refractivity contribution in [3.63, 3.8) is 0 Å². The van der Waals surface area contributed by atoms with E-state index in [4.69, 9.17) is 11.6 Å². The van der Waals surface area contributed by atoms with Gasteiger partial charge in [0, 0.05) is 30.4 Å². The highest BCUT2D eigenvalue weighted by Crippen LogP contribution is 2.28. The number of fused-ring (bicyclic) bond motifs is 1. The first-order valence-corrected chi connectivity index (χ1v) is 3.53. The Morgan fingerprint density at radius 1 is 1.64 bits per heavy atom. The summed E-state index contributed by atoms with van der Waals surface area (Å²) >= 11 is 0. The molecule has 2 heterocycles. The average Bonchev–Trinajstić information content (AvgIpc) is 2.35. The number of rotatable bonds is 0. The van der Waals surface area contributed by atoms with Gasteiger partial charge in [0.15, 0.2) is 5.82 Å². The van der Waals surface area contributed by atoms with E-state index in [2.05, 4.69) is 4.99 Å².